The Morgan fingerprint density at radius 1 is 1.14 bits per heavy atom. The van der Waals surface area contributed by atoms with E-state index in [0.29, 0.717) is 31.7 Å². The van der Waals surface area contributed by atoms with E-state index in [1.54, 1.807) is 29.2 Å². The summed E-state index contributed by atoms with van der Waals surface area (Å²) < 4.78 is 5.45. The number of anilines is 2. The first-order valence-electron chi connectivity index (χ1n) is 9.70. The molecule has 0 bridgehead atoms. The molecule has 2 saturated heterocycles. The van der Waals surface area contributed by atoms with Crippen molar-refractivity contribution in [1.82, 2.24) is 10.2 Å². The fraction of sp³-hybridized carbons (Fsp3) is 0.550. The number of likely N-dealkylation sites (tertiary alicyclic amines) is 1. The quantitative estimate of drug-likeness (QED) is 0.833. The van der Waals surface area contributed by atoms with Crippen molar-refractivity contribution in [2.45, 2.75) is 51.7 Å². The topological polar surface area (TPSA) is 91.0 Å². The number of piperidine rings is 1. The van der Waals surface area contributed by atoms with E-state index in [4.69, 9.17) is 4.74 Å². The normalized spacial score (nSPS) is 20.0. The predicted molar refractivity (Wildman–Crippen MR) is 106 cm³/mol. The highest BCUT2D eigenvalue weighted by Gasteiger charge is 2.34. The van der Waals surface area contributed by atoms with Gasteiger partial charge in [-0.25, -0.2) is 9.59 Å². The van der Waals surface area contributed by atoms with Crippen LogP contribution in [0, 0.1) is 0 Å². The number of rotatable bonds is 3. The maximum absolute atomic E-state index is 12.8. The maximum Gasteiger partial charge on any atom is 0.410 e. The summed E-state index contributed by atoms with van der Waals surface area (Å²) in [5.74, 6) is -0.225. The molecule has 152 valence electrons. The van der Waals surface area contributed by atoms with Gasteiger partial charge in [0, 0.05) is 31.0 Å². The second-order valence-electron chi connectivity index (χ2n) is 8.11. The Bertz CT molecular complexity index is 742. The minimum Gasteiger partial charge on any atom is -0.444 e. The Kier molecular flexibility index (Phi) is 5.76. The van der Waals surface area contributed by atoms with Crippen LogP contribution in [-0.2, 0) is 9.53 Å². The van der Waals surface area contributed by atoms with Crippen molar-refractivity contribution in [3.8, 4) is 0 Å². The minimum atomic E-state index is -0.604. The zero-order chi connectivity index (χ0) is 20.3. The van der Waals surface area contributed by atoms with Gasteiger partial charge in [-0.1, -0.05) is 0 Å². The molecule has 8 nitrogen and oxygen atoms in total. The summed E-state index contributed by atoms with van der Waals surface area (Å²) in [6.45, 7) is 7.19. The number of carbonyl (C=O) groups is 3. The summed E-state index contributed by atoms with van der Waals surface area (Å²) in [6, 6.07) is 6.46. The Morgan fingerprint density at radius 2 is 1.86 bits per heavy atom. The Morgan fingerprint density at radius 3 is 2.46 bits per heavy atom. The highest BCUT2D eigenvalue weighted by Crippen LogP contribution is 2.23. The lowest BCUT2D eigenvalue weighted by Crippen LogP contribution is -2.51. The van der Waals surface area contributed by atoms with E-state index < -0.39 is 17.7 Å². The number of benzene rings is 1. The highest BCUT2D eigenvalue weighted by molar-refractivity contribution is 5.97. The number of carbonyl (C=O) groups excluding carboxylic acids is 3. The van der Waals surface area contributed by atoms with Gasteiger partial charge in [0.2, 0.25) is 5.91 Å². The molecule has 1 unspecified atom stereocenters. The van der Waals surface area contributed by atoms with Crippen molar-refractivity contribution < 1.29 is 19.1 Å². The van der Waals surface area contributed by atoms with Crippen LogP contribution in [-0.4, -0.2) is 54.2 Å². The predicted octanol–water partition coefficient (Wildman–Crippen LogP) is 2.94. The first-order valence-corrected chi connectivity index (χ1v) is 9.70. The van der Waals surface area contributed by atoms with Gasteiger partial charge in [0.1, 0.15) is 11.6 Å². The van der Waals surface area contributed by atoms with Crippen molar-refractivity contribution >= 4 is 29.4 Å². The molecule has 8 heteroatoms. The molecule has 0 spiro atoms. The smallest absolute Gasteiger partial charge is 0.410 e. The zero-order valence-electron chi connectivity index (χ0n) is 16.7. The van der Waals surface area contributed by atoms with Gasteiger partial charge in [0.15, 0.2) is 0 Å². The molecule has 1 atom stereocenters. The van der Waals surface area contributed by atoms with Crippen LogP contribution in [0.3, 0.4) is 0 Å². The summed E-state index contributed by atoms with van der Waals surface area (Å²) in [5.41, 5.74) is 0.803. The van der Waals surface area contributed by atoms with E-state index in [9.17, 15) is 14.4 Å². The van der Waals surface area contributed by atoms with Gasteiger partial charge in [0.05, 0.1) is 0 Å². The molecule has 2 aliphatic heterocycles. The van der Waals surface area contributed by atoms with Crippen LogP contribution in [0.25, 0.3) is 0 Å². The molecule has 28 heavy (non-hydrogen) atoms. The zero-order valence-corrected chi connectivity index (χ0v) is 16.7. The van der Waals surface area contributed by atoms with Gasteiger partial charge in [0.25, 0.3) is 0 Å². The second-order valence-corrected chi connectivity index (χ2v) is 8.11. The first-order chi connectivity index (χ1) is 13.2. The van der Waals surface area contributed by atoms with Crippen LogP contribution < -0.4 is 15.5 Å². The SMILES string of the molecule is CC(C)(C)OC(=O)N1CCCCC1C(=O)Nc1ccc(N2CCNC2=O)cc1. The highest BCUT2D eigenvalue weighted by atomic mass is 16.6. The standard InChI is InChI=1S/C20H28N4O4/c1-20(2,3)28-19(27)24-12-5-4-6-16(24)17(25)22-14-7-9-15(10-8-14)23-13-11-21-18(23)26/h7-10,16H,4-6,11-13H2,1-3H3,(H,21,26)(H,22,25). The third-order valence-corrected chi connectivity index (χ3v) is 4.74. The fourth-order valence-corrected chi connectivity index (χ4v) is 3.41. The van der Waals surface area contributed by atoms with Gasteiger partial charge < -0.3 is 15.4 Å². The lowest BCUT2D eigenvalue weighted by Gasteiger charge is -2.35. The van der Waals surface area contributed by atoms with Gasteiger partial charge >= 0.3 is 12.1 Å². The molecular weight excluding hydrogens is 360 g/mol. The molecule has 2 aliphatic rings. The number of nitrogens with zero attached hydrogens (tertiary/aromatic N) is 2. The van der Waals surface area contributed by atoms with Crippen LogP contribution in [0.1, 0.15) is 40.0 Å². The van der Waals surface area contributed by atoms with E-state index in [0.717, 1.165) is 18.5 Å². The van der Waals surface area contributed by atoms with Crippen LogP contribution in [0.5, 0.6) is 0 Å². The van der Waals surface area contributed by atoms with Crippen molar-refractivity contribution in [3.63, 3.8) is 0 Å². The number of hydrogen-bond donors (Lipinski definition) is 2. The summed E-state index contributed by atoms with van der Waals surface area (Å²) in [7, 11) is 0. The first kappa shape index (κ1) is 20.0. The molecule has 1 aromatic rings. The molecular formula is C20H28N4O4. The van der Waals surface area contributed by atoms with Crippen molar-refractivity contribution in [2.24, 2.45) is 0 Å². The third-order valence-electron chi connectivity index (χ3n) is 4.74. The third kappa shape index (κ3) is 4.74. The molecule has 0 aliphatic carbocycles. The monoisotopic (exact) mass is 388 g/mol. The largest absolute Gasteiger partial charge is 0.444 e. The molecule has 3 rings (SSSR count). The average Bonchev–Trinajstić information content (AvgIpc) is 3.07. The number of amides is 4. The maximum atomic E-state index is 12.8. The molecule has 0 aromatic heterocycles. The van der Waals surface area contributed by atoms with Gasteiger partial charge in [-0.3, -0.25) is 14.6 Å². The lowest BCUT2D eigenvalue weighted by atomic mass is 10.0. The average molecular weight is 388 g/mol. The summed E-state index contributed by atoms with van der Waals surface area (Å²) in [5, 5.41) is 5.64. The Labute approximate surface area is 165 Å². The van der Waals surface area contributed by atoms with Crippen molar-refractivity contribution in [1.29, 1.82) is 0 Å². The fourth-order valence-electron chi connectivity index (χ4n) is 3.41. The molecule has 2 heterocycles. The number of nitrogens with one attached hydrogen (secondary N) is 2. The van der Waals surface area contributed by atoms with Gasteiger partial charge in [-0.15, -0.1) is 0 Å². The van der Waals surface area contributed by atoms with E-state index in [1.165, 1.54) is 4.90 Å². The minimum absolute atomic E-state index is 0.119. The number of ether oxygens (including phenoxy) is 1. The Balaban J connectivity index is 1.65. The molecule has 1 aromatic carbocycles. The van der Waals surface area contributed by atoms with Gasteiger partial charge in [-0.05, 0) is 64.3 Å². The second kappa shape index (κ2) is 8.08. The summed E-state index contributed by atoms with van der Waals surface area (Å²) in [6.07, 6.45) is 1.90. The molecule has 0 radical (unpaired) electrons. The van der Waals surface area contributed by atoms with Crippen LogP contribution in [0.4, 0.5) is 21.0 Å². The molecule has 2 N–H and O–H groups in total. The van der Waals surface area contributed by atoms with Crippen LogP contribution in [0.2, 0.25) is 0 Å². The molecule has 0 saturated carbocycles. The molecule has 4 amide bonds. The number of urea groups is 1. The van der Waals surface area contributed by atoms with E-state index in [2.05, 4.69) is 10.6 Å². The van der Waals surface area contributed by atoms with Crippen LogP contribution in [0.15, 0.2) is 24.3 Å². The van der Waals surface area contributed by atoms with Crippen molar-refractivity contribution in [3.05, 3.63) is 24.3 Å². The summed E-state index contributed by atoms with van der Waals surface area (Å²) >= 11 is 0. The van der Waals surface area contributed by atoms with E-state index in [1.807, 2.05) is 20.8 Å². The van der Waals surface area contributed by atoms with Crippen LogP contribution >= 0.6 is 0 Å². The van der Waals surface area contributed by atoms with Crippen molar-refractivity contribution in [2.75, 3.05) is 29.9 Å². The lowest BCUT2D eigenvalue weighted by molar-refractivity contribution is -0.122. The summed E-state index contributed by atoms with van der Waals surface area (Å²) in [4.78, 5) is 40.2. The van der Waals surface area contributed by atoms with Gasteiger partial charge in [-0.2, -0.15) is 0 Å². The Hall–Kier alpha value is -2.77. The van der Waals surface area contributed by atoms with E-state index >= 15 is 0 Å². The number of hydrogen-bond acceptors (Lipinski definition) is 4. The van der Waals surface area contributed by atoms with E-state index in [-0.39, 0.29) is 11.9 Å². The molecule has 2 fully saturated rings.